The summed E-state index contributed by atoms with van der Waals surface area (Å²) >= 11 is 0. The van der Waals surface area contributed by atoms with E-state index in [1.54, 1.807) is 13.0 Å². The van der Waals surface area contributed by atoms with Crippen molar-refractivity contribution in [3.63, 3.8) is 0 Å². The Labute approximate surface area is 119 Å². The number of rotatable bonds is 6. The molecule has 0 saturated heterocycles. The van der Waals surface area contributed by atoms with Crippen molar-refractivity contribution in [2.75, 3.05) is 20.8 Å². The van der Waals surface area contributed by atoms with Gasteiger partial charge < -0.3 is 9.47 Å². The highest BCUT2D eigenvalue weighted by molar-refractivity contribution is 5.82. The molecule has 0 amide bonds. The van der Waals surface area contributed by atoms with Crippen LogP contribution in [0.2, 0.25) is 0 Å². The van der Waals surface area contributed by atoms with E-state index in [4.69, 9.17) is 9.47 Å². The van der Waals surface area contributed by atoms with Crippen molar-refractivity contribution in [3.8, 4) is 5.75 Å². The minimum Gasteiger partial charge on any atom is -0.494 e. The molecule has 0 aliphatic carbocycles. The van der Waals surface area contributed by atoms with Gasteiger partial charge >= 0.3 is 5.97 Å². The number of carbonyl (C=O) groups is 1. The number of halogens is 1. The van der Waals surface area contributed by atoms with E-state index in [2.05, 4.69) is 5.32 Å². The van der Waals surface area contributed by atoms with Crippen molar-refractivity contribution < 1.29 is 18.7 Å². The topological polar surface area (TPSA) is 47.6 Å². The van der Waals surface area contributed by atoms with Gasteiger partial charge in [0.05, 0.1) is 14.2 Å². The molecule has 0 bridgehead atoms. The van der Waals surface area contributed by atoms with Crippen LogP contribution in [0.3, 0.4) is 0 Å². The fraction of sp³-hybridized carbons (Fsp3) is 0.533. The molecule has 0 aliphatic heterocycles. The molecule has 20 heavy (non-hydrogen) atoms. The van der Waals surface area contributed by atoms with Crippen molar-refractivity contribution in [2.45, 2.75) is 26.3 Å². The summed E-state index contributed by atoms with van der Waals surface area (Å²) in [5.41, 5.74) is -0.588. The average molecular weight is 283 g/mol. The Balaban J connectivity index is 3.16. The smallest absolute Gasteiger partial charge is 0.330 e. The molecule has 0 radical (unpaired) electrons. The fourth-order valence-electron chi connectivity index (χ4n) is 1.88. The van der Waals surface area contributed by atoms with Crippen molar-refractivity contribution in [1.82, 2.24) is 5.32 Å². The predicted octanol–water partition coefficient (Wildman–Crippen LogP) is 2.47. The Morgan fingerprint density at radius 1 is 1.40 bits per heavy atom. The molecule has 1 aromatic carbocycles. The van der Waals surface area contributed by atoms with Crippen LogP contribution in [0.4, 0.5) is 4.39 Å². The molecule has 112 valence electrons. The maximum Gasteiger partial charge on any atom is 0.330 e. The number of methoxy groups -OCH3 is 2. The maximum absolute atomic E-state index is 13.8. The van der Waals surface area contributed by atoms with Crippen LogP contribution in [0.5, 0.6) is 5.75 Å². The number of esters is 1. The molecular weight excluding hydrogens is 261 g/mol. The number of hydrogen-bond acceptors (Lipinski definition) is 4. The Bertz CT molecular complexity index is 476. The lowest BCUT2D eigenvalue weighted by Gasteiger charge is -2.29. The van der Waals surface area contributed by atoms with Crippen LogP contribution in [0, 0.1) is 11.7 Å². The Morgan fingerprint density at radius 2 is 2.05 bits per heavy atom. The quantitative estimate of drug-likeness (QED) is 0.815. The lowest BCUT2D eigenvalue weighted by atomic mass is 9.91. The second kappa shape index (κ2) is 6.70. The van der Waals surface area contributed by atoms with Gasteiger partial charge in [0.2, 0.25) is 0 Å². The average Bonchev–Trinajstić information content (AvgIpc) is 2.43. The number of benzene rings is 1. The number of carbonyl (C=O) groups excluding carboxylic acids is 1. The highest BCUT2D eigenvalue weighted by atomic mass is 19.1. The zero-order valence-corrected chi connectivity index (χ0v) is 12.6. The molecule has 1 atom stereocenters. The zero-order valence-electron chi connectivity index (χ0n) is 12.6. The lowest BCUT2D eigenvalue weighted by molar-refractivity contribution is -0.148. The van der Waals surface area contributed by atoms with E-state index in [1.807, 2.05) is 13.8 Å². The van der Waals surface area contributed by atoms with Gasteiger partial charge in [0.15, 0.2) is 11.6 Å². The monoisotopic (exact) mass is 283 g/mol. The van der Waals surface area contributed by atoms with Gasteiger partial charge in [-0.15, -0.1) is 0 Å². The summed E-state index contributed by atoms with van der Waals surface area (Å²) in [4.78, 5) is 12.1. The van der Waals surface area contributed by atoms with E-state index in [9.17, 15) is 9.18 Å². The molecule has 0 saturated carbocycles. The predicted molar refractivity (Wildman–Crippen MR) is 75.2 cm³/mol. The second-order valence-electron chi connectivity index (χ2n) is 5.24. The summed E-state index contributed by atoms with van der Waals surface area (Å²) in [5, 5.41) is 3.15. The van der Waals surface area contributed by atoms with Gasteiger partial charge in [-0.1, -0.05) is 19.9 Å². The molecular formula is C15H22FNO3. The molecule has 0 heterocycles. The van der Waals surface area contributed by atoms with Crippen LogP contribution in [0.1, 0.15) is 26.3 Å². The summed E-state index contributed by atoms with van der Waals surface area (Å²) in [5.74, 6) is -0.471. The first kappa shape index (κ1) is 16.4. The Kier molecular flexibility index (Phi) is 5.51. The van der Waals surface area contributed by atoms with Crippen LogP contribution in [-0.2, 0) is 15.1 Å². The first-order valence-electron chi connectivity index (χ1n) is 6.52. The van der Waals surface area contributed by atoms with Crippen LogP contribution in [0.15, 0.2) is 18.2 Å². The minimum absolute atomic E-state index is 0.143. The van der Waals surface area contributed by atoms with Crippen LogP contribution in [0.25, 0.3) is 0 Å². The van der Waals surface area contributed by atoms with Gasteiger partial charge in [-0.2, -0.15) is 0 Å². The molecule has 0 spiro atoms. The van der Waals surface area contributed by atoms with Crippen molar-refractivity contribution in [2.24, 2.45) is 5.92 Å². The Hall–Kier alpha value is -1.62. The number of nitrogens with one attached hydrogen (secondary N) is 1. The zero-order chi connectivity index (χ0) is 15.3. The van der Waals surface area contributed by atoms with Gasteiger partial charge in [-0.25, -0.2) is 9.18 Å². The van der Waals surface area contributed by atoms with Gasteiger partial charge in [-0.3, -0.25) is 5.32 Å². The second-order valence-corrected chi connectivity index (χ2v) is 5.24. The third kappa shape index (κ3) is 3.48. The van der Waals surface area contributed by atoms with E-state index < -0.39 is 17.3 Å². The minimum atomic E-state index is -1.09. The van der Waals surface area contributed by atoms with Crippen LogP contribution < -0.4 is 10.1 Å². The van der Waals surface area contributed by atoms with E-state index in [0.29, 0.717) is 18.0 Å². The van der Waals surface area contributed by atoms with Crippen molar-refractivity contribution >= 4 is 5.97 Å². The molecule has 1 N–H and O–H groups in total. The van der Waals surface area contributed by atoms with Crippen LogP contribution in [-0.4, -0.2) is 26.7 Å². The third-order valence-electron chi connectivity index (χ3n) is 3.19. The largest absolute Gasteiger partial charge is 0.494 e. The Morgan fingerprint density at radius 3 is 2.50 bits per heavy atom. The maximum atomic E-state index is 13.8. The number of hydrogen-bond donors (Lipinski definition) is 1. The highest BCUT2D eigenvalue weighted by Crippen LogP contribution is 2.27. The fourth-order valence-corrected chi connectivity index (χ4v) is 1.88. The summed E-state index contributed by atoms with van der Waals surface area (Å²) < 4.78 is 23.6. The first-order valence-corrected chi connectivity index (χ1v) is 6.52. The SMILES string of the molecule is COC(=O)C(C)(NCC(C)C)c1ccc(OC)c(F)c1. The van der Waals surface area contributed by atoms with Gasteiger partial charge in [0.25, 0.3) is 0 Å². The van der Waals surface area contributed by atoms with Gasteiger partial charge in [0.1, 0.15) is 5.54 Å². The lowest BCUT2D eigenvalue weighted by Crippen LogP contribution is -2.48. The molecule has 0 aliphatic rings. The highest BCUT2D eigenvalue weighted by Gasteiger charge is 2.36. The van der Waals surface area contributed by atoms with Crippen molar-refractivity contribution in [3.05, 3.63) is 29.6 Å². The number of ether oxygens (including phenoxy) is 2. The van der Waals surface area contributed by atoms with Crippen LogP contribution >= 0.6 is 0 Å². The molecule has 1 aromatic rings. The van der Waals surface area contributed by atoms with Crippen molar-refractivity contribution in [1.29, 1.82) is 0 Å². The van der Waals surface area contributed by atoms with Gasteiger partial charge in [0, 0.05) is 0 Å². The standard InChI is InChI=1S/C15H22FNO3/c1-10(2)9-17-15(3,14(18)20-5)11-6-7-13(19-4)12(16)8-11/h6-8,10,17H,9H2,1-5H3. The van der Waals surface area contributed by atoms with E-state index in [1.165, 1.54) is 26.4 Å². The molecule has 5 heteroatoms. The van der Waals surface area contributed by atoms with E-state index in [0.717, 1.165) is 0 Å². The summed E-state index contributed by atoms with van der Waals surface area (Å²) in [6, 6.07) is 4.46. The first-order chi connectivity index (χ1) is 9.35. The molecule has 1 rings (SSSR count). The summed E-state index contributed by atoms with van der Waals surface area (Å²) in [6.07, 6.45) is 0. The summed E-state index contributed by atoms with van der Waals surface area (Å²) in [6.45, 7) is 6.35. The molecule has 0 fully saturated rings. The molecule has 0 aromatic heterocycles. The normalized spacial score (nSPS) is 13.9. The summed E-state index contributed by atoms with van der Waals surface area (Å²) in [7, 11) is 2.71. The van der Waals surface area contributed by atoms with Gasteiger partial charge in [-0.05, 0) is 37.1 Å². The molecule has 4 nitrogen and oxygen atoms in total. The van der Waals surface area contributed by atoms with E-state index >= 15 is 0 Å². The third-order valence-corrected chi connectivity index (χ3v) is 3.19. The van der Waals surface area contributed by atoms with E-state index in [-0.39, 0.29) is 5.75 Å². The molecule has 1 unspecified atom stereocenters.